The van der Waals surface area contributed by atoms with Gasteiger partial charge in [0.1, 0.15) is 16.7 Å². The normalized spacial score (nSPS) is 12.2. The van der Waals surface area contributed by atoms with Crippen LogP contribution in [-0.4, -0.2) is 15.5 Å². The van der Waals surface area contributed by atoms with E-state index < -0.39 is 11.9 Å². The monoisotopic (exact) mass is 403 g/mol. The number of benzene rings is 2. The fraction of sp³-hybridized carbons (Fsp3) is 0.174. The molecule has 5 nitrogen and oxygen atoms in total. The Morgan fingerprint density at radius 2 is 1.79 bits per heavy atom. The molecule has 29 heavy (non-hydrogen) atoms. The number of nitrogens with zero attached hydrogens (tertiary/aromatic N) is 2. The number of carbonyl (C=O) groups excluding carboxylic acids is 1. The summed E-state index contributed by atoms with van der Waals surface area (Å²) in [6.07, 6.45) is 0.409. The van der Waals surface area contributed by atoms with Crippen molar-refractivity contribution in [3.63, 3.8) is 0 Å². The zero-order chi connectivity index (χ0) is 20.5. The van der Waals surface area contributed by atoms with Crippen molar-refractivity contribution in [2.75, 3.05) is 0 Å². The lowest BCUT2D eigenvalue weighted by atomic mass is 10.0. The SMILES string of the molecule is CCC(C(N)=O)n1c(-c2ccccc2)nc2scc(-c3ccc(C)cc3)c2c1=O. The molecule has 4 rings (SSSR count). The number of fused-ring (bicyclic) bond motifs is 1. The second-order valence-electron chi connectivity index (χ2n) is 7.00. The van der Waals surface area contributed by atoms with Gasteiger partial charge in [0.25, 0.3) is 5.56 Å². The van der Waals surface area contributed by atoms with Crippen LogP contribution in [0.25, 0.3) is 32.7 Å². The Labute approximate surface area is 172 Å². The van der Waals surface area contributed by atoms with Crippen molar-refractivity contribution < 1.29 is 4.79 Å². The van der Waals surface area contributed by atoms with Gasteiger partial charge in [0.2, 0.25) is 5.91 Å². The molecule has 1 amide bonds. The second kappa shape index (κ2) is 7.64. The van der Waals surface area contributed by atoms with E-state index in [1.54, 1.807) is 0 Å². The van der Waals surface area contributed by atoms with Gasteiger partial charge >= 0.3 is 0 Å². The van der Waals surface area contributed by atoms with Crippen LogP contribution in [-0.2, 0) is 4.79 Å². The second-order valence-corrected chi connectivity index (χ2v) is 7.86. The summed E-state index contributed by atoms with van der Waals surface area (Å²) in [5.41, 5.74) is 9.12. The summed E-state index contributed by atoms with van der Waals surface area (Å²) in [4.78, 5) is 31.3. The summed E-state index contributed by atoms with van der Waals surface area (Å²) in [6.45, 7) is 3.87. The first kappa shape index (κ1) is 19.1. The van der Waals surface area contributed by atoms with E-state index in [1.807, 2.05) is 73.8 Å². The van der Waals surface area contributed by atoms with Crippen molar-refractivity contribution in [3.05, 3.63) is 75.9 Å². The summed E-state index contributed by atoms with van der Waals surface area (Å²) in [7, 11) is 0. The van der Waals surface area contributed by atoms with Crippen molar-refractivity contribution in [1.29, 1.82) is 0 Å². The van der Waals surface area contributed by atoms with Crippen LogP contribution >= 0.6 is 11.3 Å². The maximum absolute atomic E-state index is 13.7. The summed E-state index contributed by atoms with van der Waals surface area (Å²) < 4.78 is 1.46. The van der Waals surface area contributed by atoms with Crippen LogP contribution in [0.5, 0.6) is 0 Å². The largest absolute Gasteiger partial charge is 0.368 e. The zero-order valence-electron chi connectivity index (χ0n) is 16.3. The maximum atomic E-state index is 13.7. The van der Waals surface area contributed by atoms with E-state index in [2.05, 4.69) is 0 Å². The van der Waals surface area contributed by atoms with Crippen LogP contribution in [0.3, 0.4) is 0 Å². The summed E-state index contributed by atoms with van der Waals surface area (Å²) in [5, 5.41) is 2.48. The third-order valence-electron chi connectivity index (χ3n) is 5.06. The van der Waals surface area contributed by atoms with Crippen LogP contribution in [0.1, 0.15) is 24.9 Å². The quantitative estimate of drug-likeness (QED) is 0.531. The van der Waals surface area contributed by atoms with E-state index in [4.69, 9.17) is 10.7 Å². The highest BCUT2D eigenvalue weighted by atomic mass is 32.1. The van der Waals surface area contributed by atoms with Gasteiger partial charge in [0, 0.05) is 16.5 Å². The van der Waals surface area contributed by atoms with E-state index >= 15 is 0 Å². The first-order valence-corrected chi connectivity index (χ1v) is 10.3. The molecule has 0 aliphatic rings. The van der Waals surface area contributed by atoms with Crippen molar-refractivity contribution in [2.24, 2.45) is 5.73 Å². The lowest BCUT2D eigenvalue weighted by Crippen LogP contribution is -2.35. The number of amides is 1. The molecule has 2 heterocycles. The number of aromatic nitrogens is 2. The molecule has 0 bridgehead atoms. The van der Waals surface area contributed by atoms with Crippen molar-refractivity contribution in [1.82, 2.24) is 9.55 Å². The number of thiophene rings is 1. The Hall–Kier alpha value is -3.25. The van der Waals surface area contributed by atoms with Crippen molar-refractivity contribution >= 4 is 27.5 Å². The molecule has 0 fully saturated rings. The van der Waals surface area contributed by atoms with E-state index in [-0.39, 0.29) is 5.56 Å². The molecule has 0 aliphatic carbocycles. The fourth-order valence-corrected chi connectivity index (χ4v) is 4.48. The molecule has 0 saturated carbocycles. The van der Waals surface area contributed by atoms with Crippen LogP contribution in [0.2, 0.25) is 0 Å². The zero-order valence-corrected chi connectivity index (χ0v) is 17.1. The van der Waals surface area contributed by atoms with Gasteiger partial charge in [-0.15, -0.1) is 11.3 Å². The number of aryl methyl sites for hydroxylation is 1. The molecular weight excluding hydrogens is 382 g/mol. The lowest BCUT2D eigenvalue weighted by Gasteiger charge is -2.19. The lowest BCUT2D eigenvalue weighted by molar-refractivity contribution is -0.121. The van der Waals surface area contributed by atoms with Crippen LogP contribution < -0.4 is 11.3 Å². The minimum atomic E-state index is -0.764. The van der Waals surface area contributed by atoms with E-state index in [1.165, 1.54) is 15.9 Å². The first-order valence-electron chi connectivity index (χ1n) is 9.46. The highest BCUT2D eigenvalue weighted by Crippen LogP contribution is 2.33. The van der Waals surface area contributed by atoms with Gasteiger partial charge in [-0.05, 0) is 18.9 Å². The molecule has 0 radical (unpaired) electrons. The number of rotatable bonds is 5. The number of hydrogen-bond donors (Lipinski definition) is 1. The molecule has 4 aromatic rings. The molecule has 2 N–H and O–H groups in total. The van der Waals surface area contributed by atoms with Crippen LogP contribution in [0, 0.1) is 6.92 Å². The fourth-order valence-electron chi connectivity index (χ4n) is 3.54. The number of primary amides is 1. The predicted octanol–water partition coefficient (Wildman–Crippen LogP) is 4.54. The molecule has 2 aromatic carbocycles. The van der Waals surface area contributed by atoms with E-state index in [0.29, 0.717) is 22.5 Å². The van der Waals surface area contributed by atoms with Crippen molar-refractivity contribution in [2.45, 2.75) is 26.3 Å². The van der Waals surface area contributed by atoms with Gasteiger partial charge < -0.3 is 5.73 Å². The molecule has 2 aromatic heterocycles. The average molecular weight is 404 g/mol. The number of carbonyl (C=O) groups is 1. The molecule has 0 aliphatic heterocycles. The standard InChI is InChI=1S/C23H21N3O2S/c1-3-18(20(24)27)26-21(16-7-5-4-6-8-16)25-22-19(23(26)28)17(13-29-22)15-11-9-14(2)10-12-15/h4-13,18H,3H2,1-2H3,(H2,24,27). The van der Waals surface area contributed by atoms with Gasteiger partial charge in [0.15, 0.2) is 0 Å². The number of nitrogens with two attached hydrogens (primary N) is 1. The number of hydrogen-bond acceptors (Lipinski definition) is 4. The summed E-state index contributed by atoms with van der Waals surface area (Å²) >= 11 is 1.43. The Morgan fingerprint density at radius 3 is 2.41 bits per heavy atom. The third-order valence-corrected chi connectivity index (χ3v) is 5.93. The van der Waals surface area contributed by atoms with Gasteiger partial charge in [-0.3, -0.25) is 14.2 Å². The molecular formula is C23H21N3O2S. The Morgan fingerprint density at radius 1 is 1.10 bits per heavy atom. The highest BCUT2D eigenvalue weighted by Gasteiger charge is 2.25. The van der Waals surface area contributed by atoms with Crippen LogP contribution in [0.4, 0.5) is 0 Å². The summed E-state index contributed by atoms with van der Waals surface area (Å²) in [6, 6.07) is 16.7. The molecule has 1 atom stereocenters. The van der Waals surface area contributed by atoms with Crippen molar-refractivity contribution in [3.8, 4) is 22.5 Å². The van der Waals surface area contributed by atoms with E-state index in [9.17, 15) is 9.59 Å². The third kappa shape index (κ3) is 3.36. The van der Waals surface area contributed by atoms with Crippen LogP contribution in [0.15, 0.2) is 64.8 Å². The maximum Gasteiger partial charge on any atom is 0.263 e. The molecule has 0 spiro atoms. The average Bonchev–Trinajstić information content (AvgIpc) is 3.15. The highest BCUT2D eigenvalue weighted by molar-refractivity contribution is 7.17. The molecule has 6 heteroatoms. The van der Waals surface area contributed by atoms with Gasteiger partial charge in [0.05, 0.1) is 5.39 Å². The van der Waals surface area contributed by atoms with Gasteiger partial charge in [-0.1, -0.05) is 67.1 Å². The van der Waals surface area contributed by atoms with Gasteiger partial charge in [-0.25, -0.2) is 4.98 Å². The Bertz CT molecular complexity index is 1240. The Kier molecular flexibility index (Phi) is 5.03. The smallest absolute Gasteiger partial charge is 0.263 e. The molecule has 0 saturated heterocycles. The molecule has 146 valence electrons. The minimum absolute atomic E-state index is 0.240. The van der Waals surface area contributed by atoms with E-state index in [0.717, 1.165) is 22.3 Å². The van der Waals surface area contributed by atoms with Gasteiger partial charge in [-0.2, -0.15) is 0 Å². The topological polar surface area (TPSA) is 78.0 Å². The minimum Gasteiger partial charge on any atom is -0.368 e. The molecule has 1 unspecified atom stereocenters. The summed E-state index contributed by atoms with van der Waals surface area (Å²) in [5.74, 6) is -0.0777. The Balaban J connectivity index is 2.06. The first-order chi connectivity index (χ1) is 14.0. The predicted molar refractivity (Wildman–Crippen MR) is 118 cm³/mol.